The lowest BCUT2D eigenvalue weighted by Crippen LogP contribution is -2.32. The van der Waals surface area contributed by atoms with Gasteiger partial charge < -0.3 is 0 Å². The number of aryl methyl sites for hydroxylation is 2. The van der Waals surface area contributed by atoms with Crippen molar-refractivity contribution in [3.8, 4) is 0 Å². The van der Waals surface area contributed by atoms with Gasteiger partial charge in [0, 0.05) is 11.4 Å². The third-order valence-electron chi connectivity index (χ3n) is 3.85. The van der Waals surface area contributed by atoms with Crippen LogP contribution in [0.5, 0.6) is 0 Å². The Balaban J connectivity index is 2.13. The van der Waals surface area contributed by atoms with Crippen LogP contribution in [0.25, 0.3) is 0 Å². The molecule has 1 aliphatic heterocycles. The first-order chi connectivity index (χ1) is 10.5. The normalized spacial score (nSPS) is 21.3. The Kier molecular flexibility index (Phi) is 3.84. The lowest BCUT2D eigenvalue weighted by Gasteiger charge is -2.22. The molecule has 4 nitrogen and oxygen atoms in total. The molecule has 0 saturated heterocycles. The predicted octanol–water partition coefficient (Wildman–Crippen LogP) is 3.16. The van der Waals surface area contributed by atoms with E-state index in [1.165, 1.54) is 0 Å². The molecule has 0 amide bonds. The Bertz CT molecular complexity index is 696. The van der Waals surface area contributed by atoms with Crippen LogP contribution in [0.1, 0.15) is 36.6 Å². The van der Waals surface area contributed by atoms with Gasteiger partial charge in [-0.2, -0.15) is 0 Å². The molecule has 2 aromatic rings. The summed E-state index contributed by atoms with van der Waals surface area (Å²) >= 11 is 0. The molecule has 0 N–H and O–H groups in total. The van der Waals surface area contributed by atoms with E-state index < -0.39 is 0 Å². The van der Waals surface area contributed by atoms with E-state index in [2.05, 4.69) is 23.8 Å². The van der Waals surface area contributed by atoms with Gasteiger partial charge in [0.25, 0.3) is 0 Å². The van der Waals surface area contributed by atoms with Crippen LogP contribution in [0.2, 0.25) is 0 Å². The maximum atomic E-state index is 4.85. The van der Waals surface area contributed by atoms with Crippen LogP contribution >= 0.6 is 0 Å². The number of pyridine rings is 2. The van der Waals surface area contributed by atoms with Gasteiger partial charge in [0.05, 0.1) is 23.5 Å². The molecular weight excluding hydrogens is 272 g/mol. The van der Waals surface area contributed by atoms with E-state index in [0.717, 1.165) is 34.2 Å². The van der Waals surface area contributed by atoms with Crippen LogP contribution in [-0.2, 0) is 0 Å². The first-order valence-corrected chi connectivity index (χ1v) is 7.58. The van der Waals surface area contributed by atoms with Crippen molar-refractivity contribution in [1.82, 2.24) is 9.97 Å². The maximum absolute atomic E-state index is 4.85. The molecule has 3 heterocycles. The fraction of sp³-hybridized carbons (Fsp3) is 0.333. The summed E-state index contributed by atoms with van der Waals surface area (Å²) in [6.07, 6.45) is 0. The third kappa shape index (κ3) is 2.82. The summed E-state index contributed by atoms with van der Waals surface area (Å²) in [5, 5.41) is 0. The third-order valence-corrected chi connectivity index (χ3v) is 3.85. The lowest BCUT2D eigenvalue weighted by molar-refractivity contribution is 0.602. The van der Waals surface area contributed by atoms with Gasteiger partial charge >= 0.3 is 0 Å². The average Bonchev–Trinajstić information content (AvgIpc) is 2.49. The monoisotopic (exact) mass is 292 g/mol. The molecule has 112 valence electrons. The lowest BCUT2D eigenvalue weighted by atomic mass is 10.0. The molecule has 0 bridgehead atoms. The summed E-state index contributed by atoms with van der Waals surface area (Å²) in [5.41, 5.74) is 5.35. The Hall–Kier alpha value is -2.36. The Labute approximate surface area is 131 Å². The number of rotatable bonds is 2. The standard InChI is InChI=1S/C18H20N4/c1-11-7-5-9-15(19-11)17-18(22-14(4)13(3)21-17)16-10-6-8-12(2)20-16/h5-10,13-14H,1-4H3. The fourth-order valence-corrected chi connectivity index (χ4v) is 2.47. The topological polar surface area (TPSA) is 50.5 Å². The molecular formula is C18H20N4. The van der Waals surface area contributed by atoms with Gasteiger partial charge in [-0.15, -0.1) is 0 Å². The van der Waals surface area contributed by atoms with E-state index in [0.29, 0.717) is 0 Å². The number of nitrogens with zero attached hydrogens (tertiary/aromatic N) is 4. The highest BCUT2D eigenvalue weighted by Crippen LogP contribution is 2.17. The van der Waals surface area contributed by atoms with Crippen molar-refractivity contribution in [3.05, 3.63) is 59.2 Å². The molecule has 4 heteroatoms. The number of hydrogen-bond donors (Lipinski definition) is 0. The Morgan fingerprint density at radius 1 is 0.682 bits per heavy atom. The summed E-state index contributed by atoms with van der Waals surface area (Å²) in [6, 6.07) is 12.2. The highest BCUT2D eigenvalue weighted by Gasteiger charge is 2.25. The van der Waals surface area contributed by atoms with E-state index in [4.69, 9.17) is 9.98 Å². The molecule has 22 heavy (non-hydrogen) atoms. The quantitative estimate of drug-likeness (QED) is 0.853. The molecule has 3 rings (SSSR count). The van der Waals surface area contributed by atoms with Crippen molar-refractivity contribution in [2.75, 3.05) is 0 Å². The van der Waals surface area contributed by atoms with E-state index in [1.807, 2.05) is 50.2 Å². The van der Waals surface area contributed by atoms with Gasteiger partial charge in [-0.3, -0.25) is 20.0 Å². The second kappa shape index (κ2) is 5.79. The zero-order valence-electron chi connectivity index (χ0n) is 13.4. The SMILES string of the molecule is Cc1cccc(C2=NC(C)C(C)N=C2c2cccc(C)n2)n1. The zero-order valence-corrected chi connectivity index (χ0v) is 13.4. The van der Waals surface area contributed by atoms with Crippen LogP contribution in [0.3, 0.4) is 0 Å². The first kappa shape index (κ1) is 14.6. The van der Waals surface area contributed by atoms with Crippen LogP contribution < -0.4 is 0 Å². The van der Waals surface area contributed by atoms with Crippen molar-refractivity contribution in [2.24, 2.45) is 9.98 Å². The Morgan fingerprint density at radius 3 is 1.45 bits per heavy atom. The molecule has 2 aromatic heterocycles. The van der Waals surface area contributed by atoms with Crippen molar-refractivity contribution in [2.45, 2.75) is 39.8 Å². The summed E-state index contributed by atoms with van der Waals surface area (Å²) in [7, 11) is 0. The van der Waals surface area contributed by atoms with Crippen LogP contribution in [-0.4, -0.2) is 33.5 Å². The zero-order chi connectivity index (χ0) is 15.7. The van der Waals surface area contributed by atoms with Crippen molar-refractivity contribution in [3.63, 3.8) is 0 Å². The van der Waals surface area contributed by atoms with Gasteiger partial charge in [0.2, 0.25) is 0 Å². The minimum Gasteiger partial charge on any atom is -0.275 e. The smallest absolute Gasteiger partial charge is 0.111 e. The van der Waals surface area contributed by atoms with E-state index >= 15 is 0 Å². The minimum atomic E-state index is 0.144. The second-order valence-electron chi connectivity index (χ2n) is 5.77. The molecule has 0 radical (unpaired) electrons. The van der Waals surface area contributed by atoms with Crippen LogP contribution in [0.4, 0.5) is 0 Å². The molecule has 0 fully saturated rings. The van der Waals surface area contributed by atoms with Gasteiger partial charge in [-0.25, -0.2) is 0 Å². The first-order valence-electron chi connectivity index (χ1n) is 7.58. The van der Waals surface area contributed by atoms with Gasteiger partial charge in [-0.05, 0) is 52.0 Å². The van der Waals surface area contributed by atoms with Crippen LogP contribution in [0, 0.1) is 13.8 Å². The van der Waals surface area contributed by atoms with E-state index in [9.17, 15) is 0 Å². The highest BCUT2D eigenvalue weighted by atomic mass is 15.0. The number of aromatic nitrogens is 2. The van der Waals surface area contributed by atoms with Crippen molar-refractivity contribution < 1.29 is 0 Å². The number of aliphatic imine (C=N–C) groups is 2. The number of hydrogen-bond acceptors (Lipinski definition) is 4. The molecule has 0 aromatic carbocycles. The largest absolute Gasteiger partial charge is 0.275 e. The van der Waals surface area contributed by atoms with Gasteiger partial charge in [0.1, 0.15) is 11.4 Å². The summed E-state index contributed by atoms with van der Waals surface area (Å²) < 4.78 is 0. The maximum Gasteiger partial charge on any atom is 0.111 e. The van der Waals surface area contributed by atoms with Crippen molar-refractivity contribution in [1.29, 1.82) is 0 Å². The summed E-state index contributed by atoms with van der Waals surface area (Å²) in [4.78, 5) is 18.9. The molecule has 0 aliphatic carbocycles. The molecule has 0 spiro atoms. The molecule has 0 saturated carbocycles. The van der Waals surface area contributed by atoms with Gasteiger partial charge in [-0.1, -0.05) is 12.1 Å². The van der Waals surface area contributed by atoms with E-state index in [1.54, 1.807) is 0 Å². The Morgan fingerprint density at radius 2 is 1.09 bits per heavy atom. The fourth-order valence-electron chi connectivity index (χ4n) is 2.47. The highest BCUT2D eigenvalue weighted by molar-refractivity contribution is 6.53. The average molecular weight is 292 g/mol. The molecule has 1 aliphatic rings. The summed E-state index contributed by atoms with van der Waals surface area (Å²) in [5.74, 6) is 0. The molecule has 2 unspecified atom stereocenters. The van der Waals surface area contributed by atoms with Crippen molar-refractivity contribution >= 4 is 11.4 Å². The van der Waals surface area contributed by atoms with Gasteiger partial charge in [0.15, 0.2) is 0 Å². The van der Waals surface area contributed by atoms with Crippen LogP contribution in [0.15, 0.2) is 46.4 Å². The summed E-state index contributed by atoms with van der Waals surface area (Å²) in [6.45, 7) is 8.15. The second-order valence-corrected chi connectivity index (χ2v) is 5.77. The van der Waals surface area contributed by atoms with E-state index in [-0.39, 0.29) is 12.1 Å². The molecule has 2 atom stereocenters. The minimum absolute atomic E-state index is 0.144. The predicted molar refractivity (Wildman–Crippen MR) is 89.9 cm³/mol.